The van der Waals surface area contributed by atoms with Crippen LogP contribution in [0.5, 0.6) is 0 Å². The molecule has 0 bridgehead atoms. The third kappa shape index (κ3) is 3.37. The monoisotopic (exact) mass is 371 g/mol. The molecule has 3 rings (SSSR count). The predicted molar refractivity (Wildman–Crippen MR) is 100 cm³/mol. The molecule has 5 nitrogen and oxygen atoms in total. The molecule has 1 heterocycles. The summed E-state index contributed by atoms with van der Waals surface area (Å²) in [5, 5.41) is 20.8. The van der Waals surface area contributed by atoms with Gasteiger partial charge in [0.2, 0.25) is 10.0 Å². The Morgan fingerprint density at radius 1 is 1.12 bits per heavy atom. The van der Waals surface area contributed by atoms with Crippen molar-refractivity contribution in [1.29, 1.82) is 0 Å². The maximum absolute atomic E-state index is 13.1. The molecule has 1 aliphatic heterocycles. The lowest BCUT2D eigenvalue weighted by Crippen LogP contribution is -2.50. The second kappa shape index (κ2) is 6.81. The van der Waals surface area contributed by atoms with E-state index >= 15 is 0 Å². The molecule has 0 saturated carbocycles. The molecule has 0 amide bonds. The van der Waals surface area contributed by atoms with Crippen LogP contribution in [0.15, 0.2) is 77.7 Å². The number of rotatable bonds is 4. The second-order valence-corrected chi connectivity index (χ2v) is 8.21. The summed E-state index contributed by atoms with van der Waals surface area (Å²) < 4.78 is 26.8. The van der Waals surface area contributed by atoms with Crippen molar-refractivity contribution in [2.45, 2.75) is 30.2 Å². The Morgan fingerprint density at radius 3 is 2.35 bits per heavy atom. The molecule has 26 heavy (non-hydrogen) atoms. The van der Waals surface area contributed by atoms with E-state index in [1.54, 1.807) is 24.3 Å². The molecule has 0 radical (unpaired) electrons. The highest BCUT2D eigenvalue weighted by molar-refractivity contribution is 7.89. The highest BCUT2D eigenvalue weighted by Gasteiger charge is 2.52. The van der Waals surface area contributed by atoms with E-state index in [0.29, 0.717) is 4.31 Å². The summed E-state index contributed by atoms with van der Waals surface area (Å²) in [7, 11) is -4.13. The summed E-state index contributed by atoms with van der Waals surface area (Å²) >= 11 is 0. The summed E-state index contributed by atoms with van der Waals surface area (Å²) in [6.07, 6.45) is 3.54. The fraction of sp³-hybridized carbons (Fsp3) is 0.200. The molecular weight excluding hydrogens is 350 g/mol. The van der Waals surface area contributed by atoms with Crippen LogP contribution in [0.1, 0.15) is 17.5 Å². The van der Waals surface area contributed by atoms with E-state index in [1.165, 1.54) is 12.1 Å². The lowest BCUT2D eigenvalue weighted by atomic mass is 10.1. The Kier molecular flexibility index (Phi) is 4.86. The van der Waals surface area contributed by atoms with Gasteiger partial charge in [0.15, 0.2) is 0 Å². The third-order valence-electron chi connectivity index (χ3n) is 4.43. The molecule has 6 heteroatoms. The van der Waals surface area contributed by atoms with Gasteiger partial charge in [-0.1, -0.05) is 66.8 Å². The Labute approximate surface area is 153 Å². The number of hydrogen-bond acceptors (Lipinski definition) is 4. The summed E-state index contributed by atoms with van der Waals surface area (Å²) in [6.45, 7) is 5.49. The normalized spacial score (nSPS) is 20.7. The van der Waals surface area contributed by atoms with Crippen molar-refractivity contribution in [2.75, 3.05) is 0 Å². The molecule has 0 aromatic heterocycles. The van der Waals surface area contributed by atoms with E-state index in [-0.39, 0.29) is 16.9 Å². The van der Waals surface area contributed by atoms with Gasteiger partial charge in [0.1, 0.15) is 0 Å². The van der Waals surface area contributed by atoms with Gasteiger partial charge in [-0.2, -0.15) is 0 Å². The smallest absolute Gasteiger partial charge is 0.262 e. The van der Waals surface area contributed by atoms with Gasteiger partial charge in [0, 0.05) is 5.57 Å². The molecule has 2 N–H and O–H groups in total. The molecular formula is C20H21NO4S. The van der Waals surface area contributed by atoms with Crippen LogP contribution in [0.3, 0.4) is 0 Å². The fourth-order valence-electron chi connectivity index (χ4n) is 2.96. The van der Waals surface area contributed by atoms with Crippen molar-refractivity contribution in [3.8, 4) is 0 Å². The topological polar surface area (TPSA) is 77.8 Å². The number of hydrogen-bond donors (Lipinski definition) is 2. The van der Waals surface area contributed by atoms with Crippen LogP contribution >= 0.6 is 0 Å². The fourth-order valence-corrected chi connectivity index (χ4v) is 4.63. The van der Waals surface area contributed by atoms with Crippen molar-refractivity contribution >= 4 is 16.1 Å². The Hall–Kier alpha value is -2.25. The molecule has 1 unspecified atom stereocenters. The number of benzene rings is 2. The summed E-state index contributed by atoms with van der Waals surface area (Å²) in [5.41, 5.74) is 1.84. The van der Waals surface area contributed by atoms with Crippen LogP contribution in [0.2, 0.25) is 0 Å². The maximum Gasteiger partial charge on any atom is 0.262 e. The molecule has 1 aliphatic rings. The Bertz CT molecular complexity index is 932. The minimum absolute atomic E-state index is 0.00314. The summed E-state index contributed by atoms with van der Waals surface area (Å²) in [5.74, 6) is -2.63. The standard InChI is InChI=1S/C20H21NO4S/c1-15-8-12-19(13-9-15)26(24,25)21-18(14-16(2)20(21,22)23)11-10-17-6-4-3-5-7-17/h3-13,18,22-23H,2,14H2,1H3/b11-10+. The average Bonchev–Trinajstić information content (AvgIpc) is 2.84. The maximum atomic E-state index is 13.1. The molecule has 0 spiro atoms. The van der Waals surface area contributed by atoms with E-state index in [9.17, 15) is 18.6 Å². The zero-order valence-electron chi connectivity index (χ0n) is 14.4. The molecule has 1 atom stereocenters. The zero-order chi connectivity index (χ0) is 18.9. The van der Waals surface area contributed by atoms with Crippen molar-refractivity contribution in [1.82, 2.24) is 4.31 Å². The van der Waals surface area contributed by atoms with Gasteiger partial charge in [0.05, 0.1) is 10.9 Å². The van der Waals surface area contributed by atoms with Crippen molar-refractivity contribution in [3.05, 3.63) is 84.0 Å². The van der Waals surface area contributed by atoms with E-state index in [4.69, 9.17) is 0 Å². The lowest BCUT2D eigenvalue weighted by Gasteiger charge is -2.30. The summed E-state index contributed by atoms with van der Waals surface area (Å²) in [4.78, 5) is 0.00314. The minimum atomic E-state index is -4.13. The first-order valence-corrected chi connectivity index (χ1v) is 9.64. The predicted octanol–water partition coefficient (Wildman–Crippen LogP) is 2.67. The Morgan fingerprint density at radius 2 is 1.73 bits per heavy atom. The number of nitrogens with zero attached hydrogens (tertiary/aromatic N) is 1. The van der Waals surface area contributed by atoms with Crippen LogP contribution < -0.4 is 0 Å². The van der Waals surface area contributed by atoms with Gasteiger partial charge in [-0.15, -0.1) is 4.31 Å². The largest absolute Gasteiger partial charge is 0.349 e. The SMILES string of the molecule is C=C1CC(/C=C/c2ccccc2)N(S(=O)(=O)c2ccc(C)cc2)C1(O)O. The van der Waals surface area contributed by atoms with Crippen LogP contribution in [0, 0.1) is 6.92 Å². The lowest BCUT2D eigenvalue weighted by molar-refractivity contribution is -0.190. The molecule has 0 aliphatic carbocycles. The highest BCUT2D eigenvalue weighted by atomic mass is 32.2. The third-order valence-corrected chi connectivity index (χ3v) is 6.34. The summed E-state index contributed by atoms with van der Waals surface area (Å²) in [6, 6.07) is 14.9. The first-order chi connectivity index (χ1) is 12.2. The quantitative estimate of drug-likeness (QED) is 0.640. The van der Waals surface area contributed by atoms with E-state index < -0.39 is 22.0 Å². The molecule has 1 fully saturated rings. The van der Waals surface area contributed by atoms with Crippen LogP contribution in [-0.2, 0) is 10.0 Å². The van der Waals surface area contributed by atoms with Gasteiger partial charge in [-0.3, -0.25) is 0 Å². The molecule has 136 valence electrons. The zero-order valence-corrected chi connectivity index (χ0v) is 15.2. The van der Waals surface area contributed by atoms with E-state index in [1.807, 2.05) is 37.3 Å². The first kappa shape index (κ1) is 18.5. The molecule has 2 aromatic carbocycles. The molecule has 1 saturated heterocycles. The number of sulfonamides is 1. The number of aliphatic hydroxyl groups is 2. The van der Waals surface area contributed by atoms with E-state index in [2.05, 4.69) is 6.58 Å². The first-order valence-electron chi connectivity index (χ1n) is 8.20. The van der Waals surface area contributed by atoms with Crippen LogP contribution in [0.25, 0.3) is 6.08 Å². The Balaban J connectivity index is 2.01. The van der Waals surface area contributed by atoms with Gasteiger partial charge in [-0.25, -0.2) is 8.42 Å². The van der Waals surface area contributed by atoms with Crippen molar-refractivity contribution < 1.29 is 18.6 Å². The molecule has 2 aromatic rings. The van der Waals surface area contributed by atoms with Gasteiger partial charge >= 0.3 is 0 Å². The van der Waals surface area contributed by atoms with Crippen LogP contribution in [0.4, 0.5) is 0 Å². The van der Waals surface area contributed by atoms with E-state index in [0.717, 1.165) is 11.1 Å². The average molecular weight is 371 g/mol. The van der Waals surface area contributed by atoms with Gasteiger partial charge in [-0.05, 0) is 31.0 Å². The highest BCUT2D eigenvalue weighted by Crippen LogP contribution is 2.39. The number of aryl methyl sites for hydroxylation is 1. The van der Waals surface area contributed by atoms with Crippen molar-refractivity contribution in [3.63, 3.8) is 0 Å². The van der Waals surface area contributed by atoms with Crippen LogP contribution in [-0.4, -0.2) is 34.9 Å². The van der Waals surface area contributed by atoms with Gasteiger partial charge in [0.25, 0.3) is 5.91 Å². The second-order valence-electron chi connectivity index (χ2n) is 6.39. The minimum Gasteiger partial charge on any atom is -0.349 e. The van der Waals surface area contributed by atoms with Crippen molar-refractivity contribution in [2.24, 2.45) is 0 Å². The van der Waals surface area contributed by atoms with Gasteiger partial charge < -0.3 is 10.2 Å².